The van der Waals surface area contributed by atoms with Gasteiger partial charge in [-0.05, 0) is 47.2 Å². The molecule has 0 radical (unpaired) electrons. The second kappa shape index (κ2) is 8.25. The van der Waals surface area contributed by atoms with Gasteiger partial charge in [0.05, 0.1) is 14.2 Å². The van der Waals surface area contributed by atoms with E-state index in [9.17, 15) is 0 Å². The van der Waals surface area contributed by atoms with Crippen molar-refractivity contribution >= 4 is 27.8 Å². The van der Waals surface area contributed by atoms with Crippen LogP contribution < -0.4 is 20.1 Å². The SMILES string of the molecule is COc1ccc(PCCPc2ccc(OC)cc2)cc1. The minimum Gasteiger partial charge on any atom is -0.497 e. The summed E-state index contributed by atoms with van der Waals surface area (Å²) in [5.74, 6) is 1.86. The van der Waals surface area contributed by atoms with Crippen LogP contribution in [0.15, 0.2) is 48.5 Å². The van der Waals surface area contributed by atoms with Crippen LogP contribution in [-0.2, 0) is 0 Å². The normalized spacial score (nSPS) is 11.5. The highest BCUT2D eigenvalue weighted by atomic mass is 31.1. The lowest BCUT2D eigenvalue weighted by molar-refractivity contribution is 0.415. The fourth-order valence-electron chi connectivity index (χ4n) is 1.83. The van der Waals surface area contributed by atoms with Crippen LogP contribution in [0.2, 0.25) is 0 Å². The van der Waals surface area contributed by atoms with E-state index < -0.39 is 0 Å². The van der Waals surface area contributed by atoms with E-state index in [1.165, 1.54) is 22.9 Å². The van der Waals surface area contributed by atoms with Crippen molar-refractivity contribution in [3.05, 3.63) is 48.5 Å². The monoisotopic (exact) mass is 306 g/mol. The van der Waals surface area contributed by atoms with Crippen LogP contribution in [-0.4, -0.2) is 26.5 Å². The first kappa shape index (κ1) is 15.3. The first-order chi connectivity index (χ1) is 9.81. The highest BCUT2D eigenvalue weighted by Gasteiger charge is 1.97. The molecule has 0 aliphatic carbocycles. The summed E-state index contributed by atoms with van der Waals surface area (Å²) >= 11 is 0. The fourth-order valence-corrected chi connectivity index (χ4v) is 4.21. The van der Waals surface area contributed by atoms with E-state index in [0.717, 1.165) is 28.7 Å². The molecule has 0 fully saturated rings. The molecule has 20 heavy (non-hydrogen) atoms. The second-order valence-corrected chi connectivity index (χ2v) is 7.17. The minimum atomic E-state index is 0.878. The predicted octanol–water partition coefficient (Wildman–Crippen LogP) is 3.01. The Labute approximate surface area is 124 Å². The summed E-state index contributed by atoms with van der Waals surface area (Å²) in [7, 11) is 5.16. The Morgan fingerprint density at radius 3 is 1.30 bits per heavy atom. The summed E-state index contributed by atoms with van der Waals surface area (Å²) in [6.45, 7) is 0. The Kier molecular flexibility index (Phi) is 6.30. The molecule has 2 aromatic carbocycles. The molecule has 0 bridgehead atoms. The molecule has 0 amide bonds. The van der Waals surface area contributed by atoms with Crippen LogP contribution in [0.4, 0.5) is 0 Å². The molecule has 0 saturated heterocycles. The van der Waals surface area contributed by atoms with Gasteiger partial charge in [-0.25, -0.2) is 0 Å². The summed E-state index contributed by atoms with van der Waals surface area (Å²) in [5.41, 5.74) is 0. The lowest BCUT2D eigenvalue weighted by Crippen LogP contribution is -1.99. The van der Waals surface area contributed by atoms with Crippen molar-refractivity contribution in [2.45, 2.75) is 0 Å². The predicted molar refractivity (Wildman–Crippen MR) is 91.6 cm³/mol. The molecule has 0 N–H and O–H groups in total. The Bertz CT molecular complexity index is 460. The van der Waals surface area contributed by atoms with Crippen molar-refractivity contribution in [3.8, 4) is 11.5 Å². The maximum absolute atomic E-state index is 5.17. The third-order valence-electron chi connectivity index (χ3n) is 2.96. The molecule has 2 unspecified atom stereocenters. The highest BCUT2D eigenvalue weighted by Crippen LogP contribution is 2.19. The molecule has 0 spiro atoms. The lowest BCUT2D eigenvalue weighted by Gasteiger charge is -2.05. The van der Waals surface area contributed by atoms with Crippen molar-refractivity contribution < 1.29 is 9.47 Å². The van der Waals surface area contributed by atoms with Gasteiger partial charge in [-0.3, -0.25) is 0 Å². The number of methoxy groups -OCH3 is 2. The largest absolute Gasteiger partial charge is 0.497 e. The Balaban J connectivity index is 1.72. The van der Waals surface area contributed by atoms with Gasteiger partial charge in [-0.1, -0.05) is 41.4 Å². The van der Waals surface area contributed by atoms with Crippen molar-refractivity contribution in [2.75, 3.05) is 26.5 Å². The molecule has 2 nitrogen and oxygen atoms in total. The third kappa shape index (κ3) is 4.78. The average molecular weight is 306 g/mol. The van der Waals surface area contributed by atoms with Crippen molar-refractivity contribution in [1.82, 2.24) is 0 Å². The molecule has 4 heteroatoms. The van der Waals surface area contributed by atoms with Gasteiger partial charge in [0.15, 0.2) is 0 Å². The summed E-state index contributed by atoms with van der Waals surface area (Å²) in [5, 5.41) is 2.82. The molecular weight excluding hydrogens is 286 g/mol. The van der Waals surface area contributed by atoms with Crippen LogP contribution in [0.3, 0.4) is 0 Å². The van der Waals surface area contributed by atoms with Gasteiger partial charge in [0, 0.05) is 0 Å². The molecule has 2 atom stereocenters. The van der Waals surface area contributed by atoms with Crippen molar-refractivity contribution in [3.63, 3.8) is 0 Å². The van der Waals surface area contributed by atoms with Crippen LogP contribution >= 0.6 is 17.2 Å². The third-order valence-corrected chi connectivity index (χ3v) is 5.95. The first-order valence-electron chi connectivity index (χ1n) is 6.57. The molecule has 2 rings (SSSR count). The Morgan fingerprint density at radius 2 is 1.00 bits per heavy atom. The quantitative estimate of drug-likeness (QED) is 0.578. The highest BCUT2D eigenvalue weighted by molar-refractivity contribution is 7.51. The van der Waals surface area contributed by atoms with Crippen LogP contribution in [0.25, 0.3) is 0 Å². The van der Waals surface area contributed by atoms with E-state index in [1.54, 1.807) is 14.2 Å². The topological polar surface area (TPSA) is 18.5 Å². The second-order valence-electron chi connectivity index (χ2n) is 4.31. The zero-order valence-corrected chi connectivity index (χ0v) is 13.8. The zero-order valence-electron chi connectivity index (χ0n) is 11.8. The van der Waals surface area contributed by atoms with Crippen molar-refractivity contribution in [2.24, 2.45) is 0 Å². The first-order valence-corrected chi connectivity index (χ1v) is 8.99. The van der Waals surface area contributed by atoms with Gasteiger partial charge in [-0.2, -0.15) is 0 Å². The van der Waals surface area contributed by atoms with Gasteiger partial charge in [0.2, 0.25) is 0 Å². The van der Waals surface area contributed by atoms with Gasteiger partial charge in [0.25, 0.3) is 0 Å². The number of benzene rings is 2. The Morgan fingerprint density at radius 1 is 0.650 bits per heavy atom. The molecule has 106 valence electrons. The molecular formula is C16H20O2P2. The average Bonchev–Trinajstić information content (AvgIpc) is 2.53. The van der Waals surface area contributed by atoms with Gasteiger partial charge in [-0.15, -0.1) is 0 Å². The number of ether oxygens (including phenoxy) is 2. The smallest absolute Gasteiger partial charge is 0.118 e. The molecule has 0 aromatic heterocycles. The maximum atomic E-state index is 5.17. The number of hydrogen-bond acceptors (Lipinski definition) is 2. The van der Waals surface area contributed by atoms with E-state index in [0.29, 0.717) is 0 Å². The van der Waals surface area contributed by atoms with E-state index in [4.69, 9.17) is 9.47 Å². The molecule has 0 heterocycles. The van der Waals surface area contributed by atoms with Gasteiger partial charge in [0.1, 0.15) is 11.5 Å². The summed E-state index contributed by atoms with van der Waals surface area (Å²) in [6.07, 6.45) is 2.49. The molecule has 2 aromatic rings. The molecule has 0 saturated carbocycles. The maximum Gasteiger partial charge on any atom is 0.118 e. The van der Waals surface area contributed by atoms with Crippen LogP contribution in [0.1, 0.15) is 0 Å². The molecule has 0 aliphatic heterocycles. The summed E-state index contributed by atoms with van der Waals surface area (Å²) in [4.78, 5) is 0. The van der Waals surface area contributed by atoms with Crippen molar-refractivity contribution in [1.29, 1.82) is 0 Å². The van der Waals surface area contributed by atoms with Gasteiger partial charge < -0.3 is 9.47 Å². The minimum absolute atomic E-state index is 0.878. The summed E-state index contributed by atoms with van der Waals surface area (Å²) in [6, 6.07) is 16.8. The van der Waals surface area contributed by atoms with E-state index in [2.05, 4.69) is 24.3 Å². The zero-order chi connectivity index (χ0) is 14.2. The van der Waals surface area contributed by atoms with E-state index >= 15 is 0 Å². The van der Waals surface area contributed by atoms with Crippen LogP contribution in [0, 0.1) is 0 Å². The molecule has 0 aliphatic rings. The number of hydrogen-bond donors (Lipinski definition) is 0. The van der Waals surface area contributed by atoms with E-state index in [-0.39, 0.29) is 0 Å². The van der Waals surface area contributed by atoms with Crippen LogP contribution in [0.5, 0.6) is 11.5 Å². The summed E-state index contributed by atoms with van der Waals surface area (Å²) < 4.78 is 10.3. The van der Waals surface area contributed by atoms with E-state index in [1.807, 2.05) is 24.3 Å². The van der Waals surface area contributed by atoms with Gasteiger partial charge >= 0.3 is 0 Å². The fraction of sp³-hybridized carbons (Fsp3) is 0.250. The Hall–Kier alpha value is -1.10. The number of rotatable bonds is 7. The lowest BCUT2D eigenvalue weighted by atomic mass is 10.3. The standard InChI is InChI=1S/C16H20O2P2/c1-17-13-3-7-15(8-4-13)19-11-12-20-16-9-5-14(18-2)6-10-16/h3-10,19-20H,11-12H2,1-2H3.